The minimum Gasteiger partial charge on any atom is -0.353 e. The van der Waals surface area contributed by atoms with Gasteiger partial charge in [-0.25, -0.2) is 0 Å². The molecule has 0 saturated heterocycles. The van der Waals surface area contributed by atoms with Crippen LogP contribution in [0, 0.1) is 6.92 Å². The molecule has 0 bridgehead atoms. The van der Waals surface area contributed by atoms with Crippen molar-refractivity contribution in [2.45, 2.75) is 6.92 Å². The van der Waals surface area contributed by atoms with Crippen molar-refractivity contribution in [3.63, 3.8) is 0 Å². The number of halogens is 2. The van der Waals surface area contributed by atoms with E-state index in [1.165, 1.54) is 0 Å². The van der Waals surface area contributed by atoms with Gasteiger partial charge in [0.15, 0.2) is 0 Å². The minimum atomic E-state index is 0.712. The molecule has 16 heavy (non-hydrogen) atoms. The molecule has 0 radical (unpaired) electrons. The highest BCUT2D eigenvalue weighted by atomic mass is 79.9. The topological polar surface area (TPSA) is 24.9 Å². The highest BCUT2D eigenvalue weighted by Crippen LogP contribution is 2.29. The number of pyridine rings is 1. The van der Waals surface area contributed by atoms with E-state index in [1.54, 1.807) is 12.4 Å². The first-order valence-corrected chi connectivity index (χ1v) is 5.96. The summed E-state index contributed by atoms with van der Waals surface area (Å²) >= 11 is 9.56. The normalized spacial score (nSPS) is 10.2. The smallest absolute Gasteiger partial charge is 0.0643 e. The molecule has 0 aliphatic rings. The maximum absolute atomic E-state index is 6.14. The Hall–Kier alpha value is -1.06. The van der Waals surface area contributed by atoms with E-state index in [1.807, 2.05) is 31.2 Å². The second kappa shape index (κ2) is 4.85. The Morgan fingerprint density at radius 2 is 2.06 bits per heavy atom. The van der Waals surface area contributed by atoms with E-state index in [-0.39, 0.29) is 0 Å². The van der Waals surface area contributed by atoms with E-state index in [0.717, 1.165) is 21.4 Å². The maximum Gasteiger partial charge on any atom is 0.0643 e. The van der Waals surface area contributed by atoms with Crippen molar-refractivity contribution in [2.75, 3.05) is 5.32 Å². The molecule has 82 valence electrons. The zero-order valence-electron chi connectivity index (χ0n) is 8.67. The third kappa shape index (κ3) is 2.54. The zero-order valence-corrected chi connectivity index (χ0v) is 11.0. The fourth-order valence-electron chi connectivity index (χ4n) is 1.34. The molecule has 2 nitrogen and oxygen atoms in total. The van der Waals surface area contributed by atoms with Crippen molar-refractivity contribution in [1.29, 1.82) is 0 Å². The van der Waals surface area contributed by atoms with Crippen molar-refractivity contribution >= 4 is 38.9 Å². The average molecular weight is 298 g/mol. The molecular weight excluding hydrogens is 288 g/mol. The average Bonchev–Trinajstić information content (AvgIpc) is 2.25. The first-order chi connectivity index (χ1) is 7.66. The zero-order chi connectivity index (χ0) is 11.5. The summed E-state index contributed by atoms with van der Waals surface area (Å²) in [5.74, 6) is 0. The second-order valence-electron chi connectivity index (χ2n) is 3.46. The van der Waals surface area contributed by atoms with E-state index in [9.17, 15) is 0 Å². The summed E-state index contributed by atoms with van der Waals surface area (Å²) in [7, 11) is 0. The van der Waals surface area contributed by atoms with E-state index in [4.69, 9.17) is 11.6 Å². The van der Waals surface area contributed by atoms with Gasteiger partial charge in [0, 0.05) is 12.4 Å². The van der Waals surface area contributed by atoms with Crippen LogP contribution >= 0.6 is 27.5 Å². The molecule has 1 aromatic carbocycles. The van der Waals surface area contributed by atoms with E-state index < -0.39 is 0 Å². The molecule has 1 heterocycles. The van der Waals surface area contributed by atoms with Crippen LogP contribution < -0.4 is 5.32 Å². The molecule has 0 spiro atoms. The lowest BCUT2D eigenvalue weighted by Gasteiger charge is -2.10. The summed E-state index contributed by atoms with van der Waals surface area (Å²) in [6.45, 7) is 2.01. The number of hydrogen-bond donors (Lipinski definition) is 1. The van der Waals surface area contributed by atoms with Crippen LogP contribution in [0.2, 0.25) is 5.02 Å². The van der Waals surface area contributed by atoms with E-state index in [2.05, 4.69) is 26.2 Å². The summed E-state index contributed by atoms with van der Waals surface area (Å²) in [5, 5.41) is 3.96. The van der Waals surface area contributed by atoms with Gasteiger partial charge in [-0.15, -0.1) is 0 Å². The summed E-state index contributed by atoms with van der Waals surface area (Å²) in [6.07, 6.45) is 3.47. The predicted octanol–water partition coefficient (Wildman–Crippen LogP) is 4.55. The van der Waals surface area contributed by atoms with Gasteiger partial charge in [0.25, 0.3) is 0 Å². The standard InChI is InChI=1S/C12H10BrClN2/c1-8-2-3-12(10(14)6-8)16-11-4-5-15-7-9(11)13/h2-7H,1H3,(H,15,16). The summed E-state index contributed by atoms with van der Waals surface area (Å²) < 4.78 is 0.909. The van der Waals surface area contributed by atoms with Crippen LogP contribution in [-0.2, 0) is 0 Å². The van der Waals surface area contributed by atoms with E-state index in [0.29, 0.717) is 5.02 Å². The first kappa shape index (κ1) is 11.4. The molecule has 0 unspecified atom stereocenters. The van der Waals surface area contributed by atoms with Crippen molar-refractivity contribution in [3.05, 3.63) is 51.7 Å². The molecule has 0 atom stereocenters. The minimum absolute atomic E-state index is 0.712. The van der Waals surface area contributed by atoms with Gasteiger partial charge >= 0.3 is 0 Å². The molecule has 0 aliphatic heterocycles. The Morgan fingerprint density at radius 3 is 2.75 bits per heavy atom. The maximum atomic E-state index is 6.14. The molecule has 0 aliphatic carbocycles. The van der Waals surface area contributed by atoms with Gasteiger partial charge < -0.3 is 5.32 Å². The Kier molecular flexibility index (Phi) is 3.46. The van der Waals surface area contributed by atoms with Crippen molar-refractivity contribution in [1.82, 2.24) is 4.98 Å². The lowest BCUT2D eigenvalue weighted by Crippen LogP contribution is -1.92. The third-order valence-electron chi connectivity index (χ3n) is 2.17. The van der Waals surface area contributed by atoms with Gasteiger partial charge in [0.1, 0.15) is 0 Å². The Labute approximate surface area is 108 Å². The van der Waals surface area contributed by atoms with Gasteiger partial charge in [-0.1, -0.05) is 17.7 Å². The molecule has 0 fully saturated rings. The van der Waals surface area contributed by atoms with Crippen LogP contribution in [0.4, 0.5) is 11.4 Å². The van der Waals surface area contributed by atoms with E-state index >= 15 is 0 Å². The van der Waals surface area contributed by atoms with Gasteiger partial charge in [-0.2, -0.15) is 0 Å². The fraction of sp³-hybridized carbons (Fsp3) is 0.0833. The molecule has 1 aromatic heterocycles. The second-order valence-corrected chi connectivity index (χ2v) is 4.73. The number of benzene rings is 1. The van der Waals surface area contributed by atoms with Gasteiger partial charge in [0.2, 0.25) is 0 Å². The Morgan fingerprint density at radius 1 is 1.25 bits per heavy atom. The SMILES string of the molecule is Cc1ccc(Nc2ccncc2Br)c(Cl)c1. The predicted molar refractivity (Wildman–Crippen MR) is 71.4 cm³/mol. The van der Waals surface area contributed by atoms with Crippen molar-refractivity contribution in [3.8, 4) is 0 Å². The summed E-state index contributed by atoms with van der Waals surface area (Å²) in [6, 6.07) is 7.80. The van der Waals surface area contributed by atoms with Crippen molar-refractivity contribution in [2.24, 2.45) is 0 Å². The number of anilines is 2. The molecule has 0 amide bonds. The molecule has 4 heteroatoms. The van der Waals surface area contributed by atoms with Crippen molar-refractivity contribution < 1.29 is 0 Å². The number of aromatic nitrogens is 1. The molecule has 0 saturated carbocycles. The van der Waals surface area contributed by atoms with Crippen LogP contribution in [0.5, 0.6) is 0 Å². The summed E-state index contributed by atoms with van der Waals surface area (Å²) in [4.78, 5) is 4.00. The van der Waals surface area contributed by atoms with Crippen LogP contribution in [0.3, 0.4) is 0 Å². The monoisotopic (exact) mass is 296 g/mol. The number of nitrogens with zero attached hydrogens (tertiary/aromatic N) is 1. The largest absolute Gasteiger partial charge is 0.353 e. The number of hydrogen-bond acceptors (Lipinski definition) is 2. The first-order valence-electron chi connectivity index (χ1n) is 4.79. The van der Waals surface area contributed by atoms with Crippen LogP contribution in [0.25, 0.3) is 0 Å². The molecule has 2 rings (SSSR count). The quantitative estimate of drug-likeness (QED) is 0.879. The highest BCUT2D eigenvalue weighted by molar-refractivity contribution is 9.10. The lowest BCUT2D eigenvalue weighted by atomic mass is 10.2. The molecule has 2 aromatic rings. The van der Waals surface area contributed by atoms with Crippen LogP contribution in [0.1, 0.15) is 5.56 Å². The Balaban J connectivity index is 2.31. The fourth-order valence-corrected chi connectivity index (χ4v) is 1.98. The third-order valence-corrected chi connectivity index (χ3v) is 3.11. The van der Waals surface area contributed by atoms with Gasteiger partial charge in [-0.3, -0.25) is 4.98 Å². The lowest BCUT2D eigenvalue weighted by molar-refractivity contribution is 1.30. The Bertz CT molecular complexity index is 514. The summed E-state index contributed by atoms with van der Waals surface area (Å²) in [5.41, 5.74) is 2.98. The number of aryl methyl sites for hydroxylation is 1. The number of nitrogens with one attached hydrogen (secondary N) is 1. The van der Waals surface area contributed by atoms with Crippen LogP contribution in [0.15, 0.2) is 41.1 Å². The number of rotatable bonds is 2. The molecule has 1 N–H and O–H groups in total. The molecular formula is C12H10BrClN2. The van der Waals surface area contributed by atoms with Gasteiger partial charge in [0.05, 0.1) is 20.9 Å². The van der Waals surface area contributed by atoms with Crippen LogP contribution in [-0.4, -0.2) is 4.98 Å². The van der Waals surface area contributed by atoms with Gasteiger partial charge in [-0.05, 0) is 46.6 Å². The highest BCUT2D eigenvalue weighted by Gasteiger charge is 2.03.